The minimum atomic E-state index is -3.14. The van der Waals surface area contributed by atoms with E-state index in [1.165, 1.54) is 6.92 Å². The van der Waals surface area contributed by atoms with E-state index in [9.17, 15) is 8.42 Å². The first-order valence-corrected chi connectivity index (χ1v) is 5.23. The Kier molecular flexibility index (Phi) is 3.11. The summed E-state index contributed by atoms with van der Waals surface area (Å²) in [6, 6.07) is 0. The van der Waals surface area contributed by atoms with Gasteiger partial charge in [0.25, 0.3) is 0 Å². The standard InChI is InChI=1S/C4H9BrO3S/c1-3(6)4(5)9(2,7)8/h3-4,6H,1-2H3/t3-,4-/m0/s1. The van der Waals surface area contributed by atoms with E-state index in [4.69, 9.17) is 5.11 Å². The van der Waals surface area contributed by atoms with Crippen molar-refractivity contribution < 1.29 is 13.5 Å². The summed E-state index contributed by atoms with van der Waals surface area (Å²) in [4.78, 5) is 0. The number of rotatable bonds is 2. The van der Waals surface area contributed by atoms with Gasteiger partial charge < -0.3 is 5.11 Å². The molecule has 0 aliphatic carbocycles. The monoisotopic (exact) mass is 216 g/mol. The molecule has 0 aromatic heterocycles. The molecule has 0 saturated carbocycles. The van der Waals surface area contributed by atoms with Gasteiger partial charge in [0.1, 0.15) is 4.16 Å². The molecule has 0 aliphatic heterocycles. The quantitative estimate of drug-likeness (QED) is 0.669. The lowest BCUT2D eigenvalue weighted by Crippen LogP contribution is -2.24. The van der Waals surface area contributed by atoms with Crippen LogP contribution < -0.4 is 0 Å². The number of sulfone groups is 1. The van der Waals surface area contributed by atoms with Crippen molar-refractivity contribution in [3.8, 4) is 0 Å². The van der Waals surface area contributed by atoms with Crippen molar-refractivity contribution in [1.29, 1.82) is 0 Å². The first kappa shape index (κ1) is 9.39. The lowest BCUT2D eigenvalue weighted by atomic mass is 10.5. The van der Waals surface area contributed by atoms with Gasteiger partial charge in [0.05, 0.1) is 6.10 Å². The van der Waals surface area contributed by atoms with Gasteiger partial charge in [-0.15, -0.1) is 0 Å². The van der Waals surface area contributed by atoms with Crippen molar-refractivity contribution in [3.05, 3.63) is 0 Å². The van der Waals surface area contributed by atoms with Crippen LogP contribution >= 0.6 is 15.9 Å². The Morgan fingerprint density at radius 3 is 1.89 bits per heavy atom. The SMILES string of the molecule is C[C@H](O)[C@@H](Br)S(C)(=O)=O. The summed E-state index contributed by atoms with van der Waals surface area (Å²) in [6.45, 7) is 1.42. The van der Waals surface area contributed by atoms with E-state index in [0.29, 0.717) is 0 Å². The fourth-order valence-corrected chi connectivity index (χ4v) is 1.07. The summed E-state index contributed by atoms with van der Waals surface area (Å²) in [5.41, 5.74) is 0. The van der Waals surface area contributed by atoms with Gasteiger partial charge in [0.2, 0.25) is 0 Å². The van der Waals surface area contributed by atoms with Gasteiger partial charge in [-0.2, -0.15) is 0 Å². The third-order valence-corrected chi connectivity index (χ3v) is 4.80. The highest BCUT2D eigenvalue weighted by Gasteiger charge is 2.21. The zero-order valence-corrected chi connectivity index (χ0v) is 7.61. The van der Waals surface area contributed by atoms with Crippen LogP contribution in [0.5, 0.6) is 0 Å². The first-order chi connectivity index (χ1) is 3.85. The van der Waals surface area contributed by atoms with E-state index < -0.39 is 20.1 Å². The second-order valence-corrected chi connectivity index (χ2v) is 5.68. The van der Waals surface area contributed by atoms with Crippen molar-refractivity contribution in [1.82, 2.24) is 0 Å². The maximum atomic E-state index is 10.6. The highest BCUT2D eigenvalue weighted by molar-refractivity contribution is 9.11. The zero-order valence-electron chi connectivity index (χ0n) is 5.20. The lowest BCUT2D eigenvalue weighted by Gasteiger charge is -2.08. The molecule has 0 spiro atoms. The van der Waals surface area contributed by atoms with Gasteiger partial charge in [-0.05, 0) is 6.92 Å². The molecule has 9 heavy (non-hydrogen) atoms. The summed E-state index contributed by atoms with van der Waals surface area (Å²) >= 11 is 2.82. The van der Waals surface area contributed by atoms with Crippen molar-refractivity contribution in [3.63, 3.8) is 0 Å². The molecule has 3 nitrogen and oxygen atoms in total. The smallest absolute Gasteiger partial charge is 0.162 e. The van der Waals surface area contributed by atoms with Crippen LogP contribution in [0.2, 0.25) is 0 Å². The third kappa shape index (κ3) is 3.17. The van der Waals surface area contributed by atoms with Crippen LogP contribution in [0.25, 0.3) is 0 Å². The molecule has 2 atom stereocenters. The minimum absolute atomic E-state index is 0.843. The van der Waals surface area contributed by atoms with Crippen LogP contribution in [0.3, 0.4) is 0 Å². The van der Waals surface area contributed by atoms with E-state index in [1.807, 2.05) is 0 Å². The molecule has 0 aromatic rings. The topological polar surface area (TPSA) is 54.4 Å². The van der Waals surface area contributed by atoms with Gasteiger partial charge in [0.15, 0.2) is 9.84 Å². The van der Waals surface area contributed by atoms with Crippen molar-refractivity contribution in [2.45, 2.75) is 17.2 Å². The summed E-state index contributed by atoms with van der Waals surface area (Å²) in [6.07, 6.45) is 0.207. The van der Waals surface area contributed by atoms with Crippen molar-refractivity contribution in [2.75, 3.05) is 6.26 Å². The Labute approximate surface area is 63.1 Å². The van der Waals surface area contributed by atoms with E-state index in [-0.39, 0.29) is 0 Å². The largest absolute Gasteiger partial charge is 0.391 e. The van der Waals surface area contributed by atoms with Crippen molar-refractivity contribution in [2.24, 2.45) is 0 Å². The molecule has 0 heterocycles. The number of aliphatic hydroxyl groups is 1. The molecule has 0 radical (unpaired) electrons. The molecule has 56 valence electrons. The Hall–Kier alpha value is 0.390. The molecule has 0 rings (SSSR count). The maximum absolute atomic E-state index is 10.6. The Balaban J connectivity index is 4.24. The van der Waals surface area contributed by atoms with Gasteiger partial charge >= 0.3 is 0 Å². The summed E-state index contributed by atoms with van der Waals surface area (Å²) in [7, 11) is -3.14. The van der Waals surface area contributed by atoms with E-state index in [1.54, 1.807) is 0 Å². The van der Waals surface area contributed by atoms with Gasteiger partial charge in [-0.1, -0.05) is 15.9 Å². The Bertz CT molecular complexity index is 172. The fraction of sp³-hybridized carbons (Fsp3) is 1.00. The predicted octanol–water partition coefficient (Wildman–Crippen LogP) is 0.133. The number of hydrogen-bond acceptors (Lipinski definition) is 3. The average Bonchev–Trinajstić information content (AvgIpc) is 1.62. The van der Waals surface area contributed by atoms with E-state index >= 15 is 0 Å². The fourth-order valence-electron chi connectivity index (χ4n) is 0.358. The van der Waals surface area contributed by atoms with Crippen LogP contribution in [-0.2, 0) is 9.84 Å². The van der Waals surface area contributed by atoms with Crippen molar-refractivity contribution >= 4 is 25.8 Å². The number of aliphatic hydroxyl groups excluding tert-OH is 1. The Morgan fingerprint density at radius 2 is 1.89 bits per heavy atom. The number of hydrogen-bond donors (Lipinski definition) is 1. The van der Waals surface area contributed by atoms with Crippen LogP contribution in [0, 0.1) is 0 Å². The van der Waals surface area contributed by atoms with Crippen LogP contribution in [0.4, 0.5) is 0 Å². The molecule has 0 aromatic carbocycles. The van der Waals surface area contributed by atoms with Gasteiger partial charge in [-0.25, -0.2) is 8.42 Å². The second kappa shape index (κ2) is 2.98. The van der Waals surface area contributed by atoms with E-state index in [2.05, 4.69) is 15.9 Å². The van der Waals surface area contributed by atoms with Crippen LogP contribution in [-0.4, -0.2) is 30.0 Å². The molecular formula is C4H9BrO3S. The van der Waals surface area contributed by atoms with E-state index in [0.717, 1.165) is 6.26 Å². The lowest BCUT2D eigenvalue weighted by molar-refractivity contribution is 0.212. The zero-order chi connectivity index (χ0) is 7.65. The molecule has 0 aliphatic rings. The summed E-state index contributed by atoms with van der Waals surface area (Å²) in [5.74, 6) is 0. The maximum Gasteiger partial charge on any atom is 0.162 e. The average molecular weight is 217 g/mol. The second-order valence-electron chi connectivity index (χ2n) is 1.92. The van der Waals surface area contributed by atoms with Gasteiger partial charge in [-0.3, -0.25) is 0 Å². The highest BCUT2D eigenvalue weighted by atomic mass is 79.9. The summed E-state index contributed by atoms with van der Waals surface area (Å²) < 4.78 is 20.3. The molecule has 0 bridgehead atoms. The normalized spacial score (nSPS) is 19.1. The molecule has 5 heteroatoms. The van der Waals surface area contributed by atoms with Gasteiger partial charge in [0, 0.05) is 6.26 Å². The molecule has 0 fully saturated rings. The molecule has 0 saturated heterocycles. The van der Waals surface area contributed by atoms with Crippen LogP contribution in [0.1, 0.15) is 6.92 Å². The first-order valence-electron chi connectivity index (χ1n) is 2.36. The number of alkyl halides is 1. The Morgan fingerprint density at radius 1 is 1.56 bits per heavy atom. The molecule has 0 amide bonds. The molecule has 0 unspecified atom stereocenters. The molecule has 1 N–H and O–H groups in total. The van der Waals surface area contributed by atoms with Crippen LogP contribution in [0.15, 0.2) is 0 Å². The minimum Gasteiger partial charge on any atom is -0.391 e. The molecular weight excluding hydrogens is 208 g/mol. The number of halogens is 1. The summed E-state index contributed by atoms with van der Waals surface area (Å²) in [5, 5.41) is 8.73. The third-order valence-electron chi connectivity index (χ3n) is 0.788. The predicted molar refractivity (Wildman–Crippen MR) is 39.2 cm³/mol. The highest BCUT2D eigenvalue weighted by Crippen LogP contribution is 2.11.